The number of hydrogen-bond donors (Lipinski definition) is 1. The van der Waals surface area contributed by atoms with Crippen molar-refractivity contribution in [3.63, 3.8) is 0 Å². The molecule has 0 heterocycles. The number of benzene rings is 2. The van der Waals surface area contributed by atoms with E-state index in [1.807, 2.05) is 37.3 Å². The molecule has 0 radical (unpaired) electrons. The van der Waals surface area contributed by atoms with Crippen LogP contribution >= 0.6 is 0 Å². The predicted molar refractivity (Wildman–Crippen MR) is 99.5 cm³/mol. The van der Waals surface area contributed by atoms with Crippen LogP contribution < -0.4 is 0 Å². The highest BCUT2D eigenvalue weighted by atomic mass is 32.2. The minimum atomic E-state index is -3.73. The molecule has 0 saturated heterocycles. The molecule has 1 atom stereocenters. The topological polar surface area (TPSA) is 74.7 Å². The maximum Gasteiger partial charge on any atom is 0.335 e. The van der Waals surface area contributed by atoms with Gasteiger partial charge in [-0.2, -0.15) is 4.31 Å². The van der Waals surface area contributed by atoms with Crippen LogP contribution in [0.25, 0.3) is 0 Å². The van der Waals surface area contributed by atoms with Crippen LogP contribution in [-0.2, 0) is 16.6 Å². The molecular formula is C20H23NO4S. The van der Waals surface area contributed by atoms with E-state index in [9.17, 15) is 18.3 Å². The van der Waals surface area contributed by atoms with E-state index in [0.717, 1.165) is 18.4 Å². The zero-order valence-electron chi connectivity index (χ0n) is 14.9. The van der Waals surface area contributed by atoms with E-state index in [0.29, 0.717) is 18.0 Å². The van der Waals surface area contributed by atoms with Crippen LogP contribution in [0.15, 0.2) is 53.4 Å². The van der Waals surface area contributed by atoms with Gasteiger partial charge >= 0.3 is 5.97 Å². The number of carboxylic acids is 1. The second kappa shape index (κ2) is 7.21. The molecule has 1 fully saturated rings. The Kier molecular flexibility index (Phi) is 5.16. The molecule has 0 aliphatic heterocycles. The van der Waals surface area contributed by atoms with Gasteiger partial charge in [0.05, 0.1) is 10.5 Å². The summed E-state index contributed by atoms with van der Waals surface area (Å²) in [4.78, 5) is 11.3. The van der Waals surface area contributed by atoms with E-state index in [2.05, 4.69) is 0 Å². The van der Waals surface area contributed by atoms with E-state index in [1.54, 1.807) is 11.2 Å². The van der Waals surface area contributed by atoms with E-state index >= 15 is 0 Å². The summed E-state index contributed by atoms with van der Waals surface area (Å²) in [5.74, 6) is -0.674. The van der Waals surface area contributed by atoms with Gasteiger partial charge in [-0.1, -0.05) is 30.3 Å². The minimum absolute atomic E-state index is 0.0975. The van der Waals surface area contributed by atoms with E-state index in [4.69, 9.17) is 0 Å². The van der Waals surface area contributed by atoms with Crippen molar-refractivity contribution in [1.82, 2.24) is 4.31 Å². The molecule has 6 heteroatoms. The first-order valence-electron chi connectivity index (χ1n) is 8.70. The van der Waals surface area contributed by atoms with Gasteiger partial charge in [-0.3, -0.25) is 0 Å². The van der Waals surface area contributed by atoms with Gasteiger partial charge in [0.15, 0.2) is 0 Å². The fraction of sp³-hybridized carbons (Fsp3) is 0.350. The van der Waals surface area contributed by atoms with Crippen molar-refractivity contribution in [2.45, 2.75) is 44.2 Å². The molecule has 1 aliphatic rings. The van der Waals surface area contributed by atoms with Crippen LogP contribution in [-0.4, -0.2) is 29.8 Å². The Morgan fingerprint density at radius 2 is 1.85 bits per heavy atom. The maximum atomic E-state index is 13.3. The number of hydrogen-bond acceptors (Lipinski definition) is 3. The first kappa shape index (κ1) is 18.6. The molecule has 0 amide bonds. The fourth-order valence-corrected chi connectivity index (χ4v) is 4.96. The van der Waals surface area contributed by atoms with Gasteiger partial charge < -0.3 is 5.11 Å². The molecule has 1 N–H and O–H groups in total. The lowest BCUT2D eigenvalue weighted by atomic mass is 10.1. The molecule has 1 aliphatic carbocycles. The summed E-state index contributed by atoms with van der Waals surface area (Å²) in [5, 5.41) is 9.17. The first-order valence-corrected chi connectivity index (χ1v) is 10.1. The second-order valence-electron chi connectivity index (χ2n) is 6.90. The molecule has 0 bridgehead atoms. The molecule has 3 rings (SSSR count). The molecule has 5 nitrogen and oxygen atoms in total. The summed E-state index contributed by atoms with van der Waals surface area (Å²) in [6.07, 6.45) is 2.08. The largest absolute Gasteiger partial charge is 0.478 e. The Morgan fingerprint density at radius 3 is 2.38 bits per heavy atom. The Hall–Kier alpha value is -2.18. The number of carboxylic acid groups (broad SMARTS) is 1. The Morgan fingerprint density at radius 1 is 1.19 bits per heavy atom. The molecule has 138 valence electrons. The summed E-state index contributed by atoms with van der Waals surface area (Å²) >= 11 is 0. The van der Waals surface area contributed by atoms with Gasteiger partial charge in [-0.05, 0) is 61.9 Å². The lowest BCUT2D eigenvalue weighted by Gasteiger charge is -2.29. The SMILES string of the molecule is Cc1cc(S(=O)(=O)N(Cc2ccccc2)C(C)C2CC2)ccc1C(=O)O. The quantitative estimate of drug-likeness (QED) is 0.803. The summed E-state index contributed by atoms with van der Waals surface area (Å²) in [7, 11) is -3.73. The molecule has 1 unspecified atom stereocenters. The zero-order chi connectivity index (χ0) is 18.9. The van der Waals surface area contributed by atoms with Gasteiger partial charge in [0.2, 0.25) is 10.0 Å². The number of aryl methyl sites for hydroxylation is 1. The third-order valence-corrected chi connectivity index (χ3v) is 6.90. The lowest BCUT2D eigenvalue weighted by Crippen LogP contribution is -2.39. The van der Waals surface area contributed by atoms with Crippen molar-refractivity contribution in [3.8, 4) is 0 Å². The Labute approximate surface area is 154 Å². The van der Waals surface area contributed by atoms with E-state index in [-0.39, 0.29) is 16.5 Å². The molecule has 1 saturated carbocycles. The van der Waals surface area contributed by atoms with Crippen LogP contribution in [0, 0.1) is 12.8 Å². The monoisotopic (exact) mass is 373 g/mol. The Balaban J connectivity index is 1.98. The van der Waals surface area contributed by atoms with E-state index < -0.39 is 16.0 Å². The molecule has 26 heavy (non-hydrogen) atoms. The zero-order valence-corrected chi connectivity index (χ0v) is 15.7. The fourth-order valence-electron chi connectivity index (χ4n) is 3.20. The highest BCUT2D eigenvalue weighted by Gasteiger charge is 2.38. The average Bonchev–Trinajstić information content (AvgIpc) is 3.44. The van der Waals surface area contributed by atoms with Crippen molar-refractivity contribution in [1.29, 1.82) is 0 Å². The second-order valence-corrected chi connectivity index (χ2v) is 8.79. The van der Waals surface area contributed by atoms with Crippen LogP contribution in [0.5, 0.6) is 0 Å². The first-order chi connectivity index (χ1) is 12.3. The van der Waals surface area contributed by atoms with Gasteiger partial charge in [0, 0.05) is 12.6 Å². The van der Waals surface area contributed by atoms with E-state index in [1.165, 1.54) is 18.2 Å². The molecule has 0 aromatic heterocycles. The highest BCUT2D eigenvalue weighted by Crippen LogP contribution is 2.38. The number of sulfonamides is 1. The van der Waals surface area contributed by atoms with Crippen LogP contribution in [0.4, 0.5) is 0 Å². The number of rotatable bonds is 7. The van der Waals surface area contributed by atoms with Gasteiger partial charge in [0.25, 0.3) is 0 Å². The standard InChI is InChI=1S/C20H23NO4S/c1-14-12-18(10-11-19(14)20(22)23)26(24,25)21(15(2)17-8-9-17)13-16-6-4-3-5-7-16/h3-7,10-12,15,17H,8-9,13H2,1-2H3,(H,22,23). The van der Waals surface area contributed by atoms with Crippen molar-refractivity contribution in [3.05, 3.63) is 65.2 Å². The normalized spacial score (nSPS) is 15.8. The molecular weight excluding hydrogens is 350 g/mol. The average molecular weight is 373 g/mol. The number of nitrogens with zero attached hydrogens (tertiary/aromatic N) is 1. The van der Waals surface area contributed by atoms with Gasteiger partial charge in [0.1, 0.15) is 0 Å². The predicted octanol–water partition coefficient (Wildman–Crippen LogP) is 3.68. The highest BCUT2D eigenvalue weighted by molar-refractivity contribution is 7.89. The molecule has 0 spiro atoms. The summed E-state index contributed by atoms with van der Waals surface area (Å²) < 4.78 is 28.2. The third-order valence-electron chi connectivity index (χ3n) is 4.97. The maximum absolute atomic E-state index is 13.3. The minimum Gasteiger partial charge on any atom is -0.478 e. The summed E-state index contributed by atoms with van der Waals surface area (Å²) in [6, 6.07) is 13.6. The van der Waals surface area contributed by atoms with Crippen molar-refractivity contribution < 1.29 is 18.3 Å². The molecule has 2 aromatic rings. The van der Waals surface area contributed by atoms with Crippen molar-refractivity contribution in [2.75, 3.05) is 0 Å². The van der Waals surface area contributed by atoms with Crippen LogP contribution in [0.2, 0.25) is 0 Å². The summed E-state index contributed by atoms with van der Waals surface area (Å²) in [5.41, 5.74) is 1.49. The van der Waals surface area contributed by atoms with Crippen LogP contribution in [0.3, 0.4) is 0 Å². The van der Waals surface area contributed by atoms with Crippen molar-refractivity contribution in [2.24, 2.45) is 5.92 Å². The Bertz CT molecular complexity index is 905. The third kappa shape index (κ3) is 3.81. The number of aromatic carboxylic acids is 1. The summed E-state index contributed by atoms with van der Waals surface area (Å²) in [6.45, 7) is 3.88. The smallest absolute Gasteiger partial charge is 0.335 e. The molecule has 2 aromatic carbocycles. The lowest BCUT2D eigenvalue weighted by molar-refractivity contribution is 0.0696. The van der Waals surface area contributed by atoms with Crippen LogP contribution in [0.1, 0.15) is 41.3 Å². The van der Waals surface area contributed by atoms with Gasteiger partial charge in [-0.25, -0.2) is 13.2 Å². The number of carbonyl (C=O) groups is 1. The van der Waals surface area contributed by atoms with Gasteiger partial charge in [-0.15, -0.1) is 0 Å². The van der Waals surface area contributed by atoms with Crippen molar-refractivity contribution >= 4 is 16.0 Å².